The van der Waals surface area contributed by atoms with Crippen molar-refractivity contribution < 1.29 is 44.3 Å². The highest BCUT2D eigenvalue weighted by molar-refractivity contribution is 6.24. The Morgan fingerprint density at radius 1 is 1.04 bits per heavy atom. The van der Waals surface area contributed by atoms with Crippen LogP contribution in [0.15, 0.2) is 59.1 Å². The summed E-state index contributed by atoms with van der Waals surface area (Å²) in [4.78, 5) is 55.4. The molecule has 0 unspecified atom stereocenters. The normalized spacial score (nSPS) is 26.6. The number of carbonyl (C=O) groups excluding carboxylic acids is 4. The highest BCUT2D eigenvalue weighted by Gasteiger charge is 2.63. The van der Waals surface area contributed by atoms with Gasteiger partial charge in [0.2, 0.25) is 5.78 Å². The summed E-state index contributed by atoms with van der Waals surface area (Å²) in [5, 5.41) is 45.2. The number of likely N-dealkylation sites (N-methyl/N-ethyl adjacent to an activating group) is 1. The number of ketones is 2. The Balaban J connectivity index is 1.33. The lowest BCUT2D eigenvalue weighted by Gasteiger charge is -2.50. The first-order valence-electron chi connectivity index (χ1n) is 15.7. The van der Waals surface area contributed by atoms with Gasteiger partial charge in [-0.15, -0.1) is 0 Å². The average Bonchev–Trinajstić information content (AvgIpc) is 3.03. The van der Waals surface area contributed by atoms with Crippen molar-refractivity contribution >= 4 is 23.4 Å². The molecule has 4 aliphatic rings. The van der Waals surface area contributed by atoms with Gasteiger partial charge in [-0.1, -0.05) is 30.3 Å². The van der Waals surface area contributed by atoms with Crippen LogP contribution in [0.25, 0.3) is 11.1 Å². The number of benzene rings is 2. The maximum atomic E-state index is 14.0. The number of carbonyl (C=O) groups is 4. The van der Waals surface area contributed by atoms with E-state index in [1.807, 2.05) is 24.3 Å². The lowest BCUT2D eigenvalue weighted by molar-refractivity contribution is -0.148. The summed E-state index contributed by atoms with van der Waals surface area (Å²) in [6, 6.07) is 10.0. The Kier molecular flexibility index (Phi) is 8.23. The summed E-state index contributed by atoms with van der Waals surface area (Å²) >= 11 is 0. The Morgan fingerprint density at radius 2 is 1.70 bits per heavy atom. The molecular weight excluding hydrogens is 606 g/mol. The molecule has 0 spiro atoms. The number of allylic oxidation sites excluding steroid dienone is 1. The van der Waals surface area contributed by atoms with Gasteiger partial charge in [0.15, 0.2) is 11.4 Å². The Hall–Kier alpha value is -4.52. The summed E-state index contributed by atoms with van der Waals surface area (Å²) in [6.07, 6.45) is 1.71. The lowest BCUT2D eigenvalue weighted by Crippen LogP contribution is -2.63. The zero-order valence-electron chi connectivity index (χ0n) is 26.5. The molecule has 1 aliphatic heterocycles. The monoisotopic (exact) mass is 645 g/mol. The van der Waals surface area contributed by atoms with E-state index >= 15 is 0 Å². The molecule has 1 saturated heterocycles. The molecule has 0 saturated carbocycles. The molecule has 2 aromatic carbocycles. The maximum absolute atomic E-state index is 14.0. The fourth-order valence-electron chi connectivity index (χ4n) is 8.06. The number of nitrogens with zero attached hydrogens (tertiary/aromatic N) is 2. The zero-order valence-corrected chi connectivity index (χ0v) is 26.5. The number of aromatic hydroxyl groups is 1. The predicted molar refractivity (Wildman–Crippen MR) is 169 cm³/mol. The van der Waals surface area contributed by atoms with Crippen LogP contribution in [-0.4, -0.2) is 99.6 Å². The molecule has 6 rings (SSSR count). The fraction of sp³-hybridized carbons (Fsp3) is 0.429. The molecule has 1 fully saturated rings. The molecule has 1 amide bonds. The van der Waals surface area contributed by atoms with Crippen LogP contribution < -0.4 is 5.73 Å². The number of Topliss-reactive ketones (excluding diaryl/α,β-unsaturated/α-hetero) is 2. The van der Waals surface area contributed by atoms with Gasteiger partial charge in [0.25, 0.3) is 5.91 Å². The Morgan fingerprint density at radius 3 is 2.30 bits per heavy atom. The predicted octanol–water partition coefficient (Wildman–Crippen LogP) is 2.17. The lowest BCUT2D eigenvalue weighted by atomic mass is 9.58. The van der Waals surface area contributed by atoms with Crippen LogP contribution in [0.2, 0.25) is 0 Å². The summed E-state index contributed by atoms with van der Waals surface area (Å²) in [6.45, 7) is 2.28. The second-order valence-electron chi connectivity index (χ2n) is 13.2. The van der Waals surface area contributed by atoms with Gasteiger partial charge in [0, 0.05) is 18.0 Å². The van der Waals surface area contributed by atoms with E-state index in [1.54, 1.807) is 20.2 Å². The highest BCUT2D eigenvalue weighted by Crippen LogP contribution is 2.53. The second kappa shape index (κ2) is 11.9. The first-order valence-corrected chi connectivity index (χ1v) is 15.7. The number of nitrogens with two attached hydrogens (primary N) is 1. The molecular formula is C35H39N3O9. The number of phenols is 1. The number of likely N-dealkylation sites (tertiary alicyclic amines) is 1. The van der Waals surface area contributed by atoms with E-state index in [0.717, 1.165) is 42.6 Å². The molecule has 0 radical (unpaired) electrons. The van der Waals surface area contributed by atoms with Crippen molar-refractivity contribution in [3.8, 4) is 16.9 Å². The number of hydrogen-bond acceptors (Lipinski definition) is 11. The third kappa shape index (κ3) is 5.11. The third-order valence-corrected chi connectivity index (χ3v) is 10.4. The summed E-state index contributed by atoms with van der Waals surface area (Å²) in [7, 11) is 4.60. The highest BCUT2D eigenvalue weighted by atomic mass is 16.5. The van der Waals surface area contributed by atoms with Crippen LogP contribution in [-0.2, 0) is 32.1 Å². The number of piperidine rings is 1. The smallest absolute Gasteiger partial charge is 0.308 e. The van der Waals surface area contributed by atoms with E-state index in [-0.39, 0.29) is 41.6 Å². The standard InChI is InChI=1S/C35H39N3O9/c1-37(2)28-23-15-20-14-22-21(18-6-4-17(5-7-18)16-38-12-10-19(11-13-38)34(45)47-3)8-9-24(39)26(22)29(40)25(20)31(42)35(23,46)32(43)27(30(28)41)33(36)44/h4-9,19-20,23,28,39,41-42,46H,10-16H2,1-3H3,(H2,36,44)/t20-,23-,28-,35+/m1/s1. The number of ether oxygens (including phenoxy) is 1. The zero-order chi connectivity index (χ0) is 33.9. The molecule has 47 heavy (non-hydrogen) atoms. The number of aliphatic hydroxyl groups excluding tert-OH is 2. The van der Waals surface area contributed by atoms with Gasteiger partial charge >= 0.3 is 5.97 Å². The van der Waals surface area contributed by atoms with Gasteiger partial charge in [-0.25, -0.2) is 0 Å². The van der Waals surface area contributed by atoms with Crippen LogP contribution in [0.4, 0.5) is 0 Å². The van der Waals surface area contributed by atoms with Crippen molar-refractivity contribution in [1.29, 1.82) is 0 Å². The van der Waals surface area contributed by atoms with E-state index in [0.29, 0.717) is 12.1 Å². The Bertz CT molecular complexity index is 1740. The first kappa shape index (κ1) is 32.4. The summed E-state index contributed by atoms with van der Waals surface area (Å²) < 4.78 is 4.89. The van der Waals surface area contributed by atoms with Crippen LogP contribution in [0.3, 0.4) is 0 Å². The summed E-state index contributed by atoms with van der Waals surface area (Å²) in [5.41, 5.74) is 4.86. The number of primary amides is 1. The number of esters is 1. The number of phenolic OH excluding ortho intramolecular Hbond substituents is 1. The van der Waals surface area contributed by atoms with Crippen molar-refractivity contribution in [2.24, 2.45) is 23.5 Å². The topological polar surface area (TPSA) is 191 Å². The molecule has 2 aromatic rings. The largest absolute Gasteiger partial charge is 0.510 e. The van der Waals surface area contributed by atoms with Gasteiger partial charge in [-0.05, 0) is 87.1 Å². The maximum Gasteiger partial charge on any atom is 0.308 e. The van der Waals surface area contributed by atoms with Gasteiger partial charge in [0.05, 0.1) is 24.6 Å². The fourth-order valence-corrected chi connectivity index (χ4v) is 8.06. The molecule has 12 nitrogen and oxygen atoms in total. The minimum atomic E-state index is -2.68. The molecule has 12 heteroatoms. The van der Waals surface area contributed by atoms with Gasteiger partial charge in [-0.3, -0.25) is 29.0 Å². The van der Waals surface area contributed by atoms with Crippen LogP contribution in [0.5, 0.6) is 5.75 Å². The van der Waals surface area contributed by atoms with Crippen molar-refractivity contribution in [3.63, 3.8) is 0 Å². The SMILES string of the molecule is COC(=O)C1CCN(Cc2ccc(-c3ccc(O)c4c3C[C@@H]3C[C@@H]5[C@@H](N(C)C)C(O)=C(C(N)=O)C(=O)[C@@]5(O)C(O)=C3C4=O)cc2)CC1. The number of aliphatic hydroxyl groups is 3. The molecule has 0 bridgehead atoms. The number of amides is 1. The molecule has 3 aliphatic carbocycles. The van der Waals surface area contributed by atoms with E-state index in [9.17, 15) is 39.6 Å². The van der Waals surface area contributed by atoms with Crippen molar-refractivity contribution in [2.75, 3.05) is 34.3 Å². The molecule has 6 N–H and O–H groups in total. The first-order chi connectivity index (χ1) is 22.3. The minimum absolute atomic E-state index is 0.0203. The molecule has 248 valence electrons. The third-order valence-electron chi connectivity index (χ3n) is 10.4. The minimum Gasteiger partial charge on any atom is -0.510 e. The van der Waals surface area contributed by atoms with E-state index in [1.165, 1.54) is 18.1 Å². The van der Waals surface area contributed by atoms with Crippen LogP contribution in [0, 0.1) is 17.8 Å². The van der Waals surface area contributed by atoms with Crippen LogP contribution >= 0.6 is 0 Å². The number of fused-ring (bicyclic) bond motifs is 3. The van der Waals surface area contributed by atoms with Crippen molar-refractivity contribution in [2.45, 2.75) is 43.9 Å². The number of methoxy groups -OCH3 is 1. The van der Waals surface area contributed by atoms with E-state index < -0.39 is 58.0 Å². The molecule has 0 aromatic heterocycles. The molecule has 1 heterocycles. The van der Waals surface area contributed by atoms with Crippen molar-refractivity contribution in [3.05, 3.63) is 75.8 Å². The Labute approximate surface area is 271 Å². The number of rotatable bonds is 6. The quantitative estimate of drug-likeness (QED) is 0.229. The van der Waals surface area contributed by atoms with Gasteiger partial charge < -0.3 is 30.9 Å². The molecule has 4 atom stereocenters. The van der Waals surface area contributed by atoms with E-state index in [2.05, 4.69) is 4.90 Å². The average molecular weight is 646 g/mol. The van der Waals surface area contributed by atoms with Crippen LogP contribution in [0.1, 0.15) is 40.7 Å². The summed E-state index contributed by atoms with van der Waals surface area (Å²) in [5.74, 6) is -7.02. The van der Waals surface area contributed by atoms with Gasteiger partial charge in [-0.2, -0.15) is 0 Å². The van der Waals surface area contributed by atoms with Gasteiger partial charge in [0.1, 0.15) is 22.8 Å². The van der Waals surface area contributed by atoms with E-state index in [4.69, 9.17) is 10.5 Å². The second-order valence-corrected chi connectivity index (χ2v) is 13.2. The van der Waals surface area contributed by atoms with Crippen molar-refractivity contribution in [1.82, 2.24) is 9.80 Å². The number of hydrogen-bond donors (Lipinski definition) is 5.